The number of anilines is 1. The molecule has 0 aromatic heterocycles. The number of para-hydroxylation sites is 1. The molecule has 0 fully saturated rings. The lowest BCUT2D eigenvalue weighted by molar-refractivity contribution is -0.137. The molecule has 0 saturated heterocycles. The average molecular weight is 319 g/mol. The van der Waals surface area contributed by atoms with Crippen LogP contribution in [-0.2, 0) is 17.4 Å². The van der Waals surface area contributed by atoms with E-state index in [9.17, 15) is 18.0 Å². The SMILES string of the molecule is C=CCN(C(=O)Cc1ccc(C(F)(F)F)cc1)c1ccccc1. The topological polar surface area (TPSA) is 20.3 Å². The maximum absolute atomic E-state index is 12.5. The molecule has 0 aliphatic rings. The summed E-state index contributed by atoms with van der Waals surface area (Å²) in [5, 5.41) is 0. The van der Waals surface area contributed by atoms with Crippen LogP contribution in [0.15, 0.2) is 67.3 Å². The molecule has 0 spiro atoms. The van der Waals surface area contributed by atoms with Gasteiger partial charge in [0.2, 0.25) is 5.91 Å². The summed E-state index contributed by atoms with van der Waals surface area (Å²) in [5.41, 5.74) is 0.539. The van der Waals surface area contributed by atoms with Gasteiger partial charge in [-0.3, -0.25) is 4.79 Å². The van der Waals surface area contributed by atoms with Crippen LogP contribution in [-0.4, -0.2) is 12.5 Å². The number of amides is 1. The third-order valence-electron chi connectivity index (χ3n) is 3.32. The van der Waals surface area contributed by atoms with Crippen LogP contribution in [0, 0.1) is 0 Å². The molecule has 120 valence electrons. The van der Waals surface area contributed by atoms with Crippen LogP contribution in [0.1, 0.15) is 11.1 Å². The van der Waals surface area contributed by atoms with Gasteiger partial charge in [-0.2, -0.15) is 13.2 Å². The third kappa shape index (κ3) is 4.45. The van der Waals surface area contributed by atoms with Gasteiger partial charge in [0.05, 0.1) is 12.0 Å². The van der Waals surface area contributed by atoms with Gasteiger partial charge in [0.25, 0.3) is 0 Å². The number of benzene rings is 2. The molecule has 2 aromatic carbocycles. The van der Waals surface area contributed by atoms with Crippen molar-refractivity contribution in [2.24, 2.45) is 0 Å². The first kappa shape index (κ1) is 16.8. The number of rotatable bonds is 5. The van der Waals surface area contributed by atoms with Gasteiger partial charge >= 0.3 is 6.18 Å². The fourth-order valence-corrected chi connectivity index (χ4v) is 2.17. The van der Waals surface area contributed by atoms with Crippen molar-refractivity contribution < 1.29 is 18.0 Å². The van der Waals surface area contributed by atoms with Crippen molar-refractivity contribution in [3.8, 4) is 0 Å². The zero-order chi connectivity index (χ0) is 16.9. The van der Waals surface area contributed by atoms with Crippen molar-refractivity contribution in [2.45, 2.75) is 12.6 Å². The highest BCUT2D eigenvalue weighted by atomic mass is 19.4. The maximum atomic E-state index is 12.5. The second-order valence-corrected chi connectivity index (χ2v) is 5.00. The molecule has 23 heavy (non-hydrogen) atoms. The summed E-state index contributed by atoms with van der Waals surface area (Å²) in [5.74, 6) is -0.198. The Labute approximate surface area is 132 Å². The maximum Gasteiger partial charge on any atom is 0.416 e. The van der Waals surface area contributed by atoms with E-state index in [1.807, 2.05) is 18.2 Å². The van der Waals surface area contributed by atoms with E-state index >= 15 is 0 Å². The molecule has 0 N–H and O–H groups in total. The molecular formula is C18H16F3NO. The predicted octanol–water partition coefficient (Wildman–Crippen LogP) is 4.47. The molecule has 1 amide bonds. The van der Waals surface area contributed by atoms with Crippen LogP contribution in [0.25, 0.3) is 0 Å². The first-order valence-corrected chi connectivity index (χ1v) is 7.04. The minimum Gasteiger partial charge on any atom is -0.308 e. The molecule has 0 aliphatic heterocycles. The van der Waals surface area contributed by atoms with E-state index in [4.69, 9.17) is 0 Å². The number of carbonyl (C=O) groups excluding carboxylic acids is 1. The van der Waals surface area contributed by atoms with E-state index in [0.717, 1.165) is 17.8 Å². The molecule has 5 heteroatoms. The Morgan fingerprint density at radius 3 is 2.17 bits per heavy atom. The summed E-state index contributed by atoms with van der Waals surface area (Å²) < 4.78 is 37.6. The molecular weight excluding hydrogens is 303 g/mol. The highest BCUT2D eigenvalue weighted by Gasteiger charge is 2.30. The Balaban J connectivity index is 2.14. The Bertz CT molecular complexity index is 663. The van der Waals surface area contributed by atoms with Crippen molar-refractivity contribution in [3.63, 3.8) is 0 Å². The van der Waals surface area contributed by atoms with E-state index in [-0.39, 0.29) is 12.3 Å². The lowest BCUT2D eigenvalue weighted by atomic mass is 10.1. The van der Waals surface area contributed by atoms with Gasteiger partial charge in [-0.15, -0.1) is 6.58 Å². The minimum atomic E-state index is -4.37. The second-order valence-electron chi connectivity index (χ2n) is 5.00. The zero-order valence-electron chi connectivity index (χ0n) is 12.4. The molecule has 0 heterocycles. The average Bonchev–Trinajstić information content (AvgIpc) is 2.53. The van der Waals surface area contributed by atoms with Crippen LogP contribution in [0.5, 0.6) is 0 Å². The van der Waals surface area contributed by atoms with Gasteiger partial charge in [0.1, 0.15) is 0 Å². The standard InChI is InChI=1S/C18H16F3NO/c1-2-12-22(16-6-4-3-5-7-16)17(23)13-14-8-10-15(11-9-14)18(19,20)21/h2-11H,1,12-13H2. The zero-order valence-corrected chi connectivity index (χ0v) is 12.4. The van der Waals surface area contributed by atoms with Gasteiger partial charge < -0.3 is 4.90 Å². The quantitative estimate of drug-likeness (QED) is 0.745. The molecule has 2 nitrogen and oxygen atoms in total. The van der Waals surface area contributed by atoms with Crippen LogP contribution in [0.4, 0.5) is 18.9 Å². The normalized spacial score (nSPS) is 11.1. The molecule has 2 rings (SSSR count). The summed E-state index contributed by atoms with van der Waals surface area (Å²) in [6, 6.07) is 13.7. The summed E-state index contributed by atoms with van der Waals surface area (Å²) in [4.78, 5) is 14.0. The van der Waals surface area contributed by atoms with Gasteiger partial charge in [-0.1, -0.05) is 36.4 Å². The van der Waals surface area contributed by atoms with Gasteiger partial charge in [0, 0.05) is 12.2 Å². The number of halogens is 3. The monoisotopic (exact) mass is 319 g/mol. The smallest absolute Gasteiger partial charge is 0.308 e. The lowest BCUT2D eigenvalue weighted by Gasteiger charge is -2.21. The molecule has 0 radical (unpaired) electrons. The van der Waals surface area contributed by atoms with Crippen LogP contribution in [0.2, 0.25) is 0 Å². The summed E-state index contributed by atoms with van der Waals surface area (Å²) in [6.45, 7) is 3.97. The Morgan fingerprint density at radius 1 is 1.04 bits per heavy atom. The van der Waals surface area contributed by atoms with Crippen molar-refractivity contribution in [3.05, 3.63) is 78.4 Å². The molecule has 2 aromatic rings. The number of nitrogens with zero attached hydrogens (tertiary/aromatic N) is 1. The predicted molar refractivity (Wildman–Crippen MR) is 84.1 cm³/mol. The molecule has 0 saturated carbocycles. The highest BCUT2D eigenvalue weighted by Crippen LogP contribution is 2.29. The second kappa shape index (κ2) is 7.13. The Hall–Kier alpha value is -2.56. The van der Waals surface area contributed by atoms with Crippen LogP contribution in [0.3, 0.4) is 0 Å². The van der Waals surface area contributed by atoms with Crippen LogP contribution >= 0.6 is 0 Å². The van der Waals surface area contributed by atoms with E-state index in [2.05, 4.69) is 6.58 Å². The number of carbonyl (C=O) groups is 1. The number of hydrogen-bond donors (Lipinski definition) is 0. The Morgan fingerprint density at radius 2 is 1.65 bits per heavy atom. The van der Waals surface area contributed by atoms with Gasteiger partial charge in [0.15, 0.2) is 0 Å². The van der Waals surface area contributed by atoms with Crippen LogP contribution < -0.4 is 4.90 Å². The Kier molecular flexibility index (Phi) is 5.21. The number of alkyl halides is 3. The summed E-state index contributed by atoms with van der Waals surface area (Å²) in [6.07, 6.45) is -2.74. The number of hydrogen-bond acceptors (Lipinski definition) is 1. The van der Waals surface area contributed by atoms with E-state index in [1.165, 1.54) is 12.1 Å². The van der Waals surface area contributed by atoms with Gasteiger partial charge in [-0.25, -0.2) is 0 Å². The van der Waals surface area contributed by atoms with Gasteiger partial charge in [-0.05, 0) is 29.8 Å². The van der Waals surface area contributed by atoms with E-state index in [1.54, 1.807) is 23.1 Å². The fourth-order valence-electron chi connectivity index (χ4n) is 2.17. The molecule has 0 unspecified atom stereocenters. The lowest BCUT2D eigenvalue weighted by Crippen LogP contribution is -2.32. The summed E-state index contributed by atoms with van der Waals surface area (Å²) in [7, 11) is 0. The first-order valence-electron chi connectivity index (χ1n) is 7.04. The van der Waals surface area contributed by atoms with Crippen molar-refractivity contribution in [1.29, 1.82) is 0 Å². The molecule has 0 aliphatic carbocycles. The highest BCUT2D eigenvalue weighted by molar-refractivity contribution is 5.95. The fraction of sp³-hybridized carbons (Fsp3) is 0.167. The summed E-state index contributed by atoms with van der Waals surface area (Å²) >= 11 is 0. The third-order valence-corrected chi connectivity index (χ3v) is 3.32. The molecule has 0 bridgehead atoms. The minimum absolute atomic E-state index is 0.0286. The molecule has 0 atom stereocenters. The first-order chi connectivity index (χ1) is 10.9. The largest absolute Gasteiger partial charge is 0.416 e. The van der Waals surface area contributed by atoms with Crippen molar-refractivity contribution in [1.82, 2.24) is 0 Å². The van der Waals surface area contributed by atoms with E-state index in [0.29, 0.717) is 12.1 Å². The van der Waals surface area contributed by atoms with Crippen molar-refractivity contribution in [2.75, 3.05) is 11.4 Å². The van der Waals surface area contributed by atoms with E-state index < -0.39 is 11.7 Å². The van der Waals surface area contributed by atoms with Crippen molar-refractivity contribution >= 4 is 11.6 Å².